The maximum atomic E-state index is 15.8. The monoisotopic (exact) mass is 971 g/mol. The lowest BCUT2D eigenvalue weighted by molar-refractivity contribution is -0.151. The summed E-state index contributed by atoms with van der Waals surface area (Å²) in [5, 5.41) is 5.54. The Hall–Kier alpha value is -6.05. The molecule has 0 aliphatic carbocycles. The summed E-state index contributed by atoms with van der Waals surface area (Å²) in [5.74, 6) is -1.77. The van der Waals surface area contributed by atoms with Crippen molar-refractivity contribution >= 4 is 33.0 Å². The van der Waals surface area contributed by atoms with E-state index in [1.54, 1.807) is 4.90 Å². The van der Waals surface area contributed by atoms with Gasteiger partial charge in [-0.2, -0.15) is 0 Å². The van der Waals surface area contributed by atoms with Crippen LogP contribution < -0.4 is 10.6 Å². The molecule has 2 fully saturated rings. The Kier molecular flexibility index (Phi) is 17.2. The van der Waals surface area contributed by atoms with Crippen LogP contribution in [0.2, 0.25) is 0 Å². The minimum atomic E-state index is -4.50. The predicted molar refractivity (Wildman–Crippen MR) is 259 cm³/mol. The number of benzene rings is 6. The van der Waals surface area contributed by atoms with Gasteiger partial charge in [-0.05, 0) is 46.2 Å². The summed E-state index contributed by atoms with van der Waals surface area (Å²) in [5.41, 5.74) is 3.06. The third-order valence-electron chi connectivity index (χ3n) is 11.7. The lowest BCUT2D eigenvalue weighted by atomic mass is 9.98. The lowest BCUT2D eigenvalue weighted by Gasteiger charge is -2.41. The van der Waals surface area contributed by atoms with Crippen LogP contribution in [-0.4, -0.2) is 66.2 Å². The van der Waals surface area contributed by atoms with Gasteiger partial charge in [0.15, 0.2) is 12.2 Å². The molecule has 0 spiro atoms. The number of hydrogen-bond donors (Lipinski definition) is 2. The van der Waals surface area contributed by atoms with Crippen LogP contribution in [0.5, 0.6) is 0 Å². The number of carbonyl (C=O) groups is 3. The molecule has 2 saturated heterocycles. The standard InChI is InChI=1S/C53H55N3O11P2/c57-47(35-54-51(58)49-50(67-49)52(59)55-48(44-27-15-5-16-28-44)45-29-17-6-18-30-45)66-46-31-33-56(34-32-46)53(68(60,62-36-40-19-7-1-8-20-40)63-37-41-21-9-2-10-22-41)69(61,64-38-42-23-11-3-12-24-42)65-39-43-25-13-4-14-26-43/h1-30,46,48-50,53H,31-39H2,(H,54,58)(H,55,59)/t49-,50-/m0/s1. The van der Waals surface area contributed by atoms with Crippen molar-refractivity contribution in [2.24, 2.45) is 0 Å². The zero-order valence-corrected chi connectivity index (χ0v) is 39.7. The molecule has 2 aliphatic rings. The number of epoxide rings is 1. The molecule has 0 radical (unpaired) electrons. The molecule has 2 atom stereocenters. The van der Waals surface area contributed by atoms with Crippen molar-refractivity contribution < 1.29 is 51.1 Å². The van der Waals surface area contributed by atoms with Gasteiger partial charge < -0.3 is 38.2 Å². The SMILES string of the molecule is O=C(CNC(=O)[C@H]1O[C@@H]1C(=O)NC(c1ccccc1)c1ccccc1)OC1CCN(C(P(=O)(OCc2ccccc2)OCc2ccccc2)P(=O)(OCc2ccccc2)OCc2ccccc2)CC1. The minimum Gasteiger partial charge on any atom is -0.461 e. The van der Waals surface area contributed by atoms with Crippen LogP contribution in [0.25, 0.3) is 0 Å². The second-order valence-corrected chi connectivity index (χ2v) is 21.2. The molecular weight excluding hydrogens is 917 g/mol. The summed E-state index contributed by atoms with van der Waals surface area (Å²) in [6.07, 6.45) is -2.23. The highest BCUT2D eigenvalue weighted by Gasteiger charge is 2.56. The number of nitrogens with zero attached hydrogens (tertiary/aromatic N) is 1. The molecule has 0 unspecified atom stereocenters. The van der Waals surface area contributed by atoms with Gasteiger partial charge in [-0.1, -0.05) is 182 Å². The van der Waals surface area contributed by atoms with Gasteiger partial charge >= 0.3 is 21.2 Å². The average Bonchev–Trinajstić information content (AvgIpc) is 4.21. The van der Waals surface area contributed by atoms with Gasteiger partial charge in [0.05, 0.1) is 32.5 Å². The molecule has 358 valence electrons. The summed E-state index contributed by atoms with van der Waals surface area (Å²) in [6, 6.07) is 55.3. The third-order valence-corrected chi connectivity index (χ3v) is 17.1. The van der Waals surface area contributed by atoms with Crippen molar-refractivity contribution in [3.63, 3.8) is 0 Å². The summed E-state index contributed by atoms with van der Waals surface area (Å²) >= 11 is 0. The topological polar surface area (TPSA) is 171 Å². The van der Waals surface area contributed by atoms with Crippen molar-refractivity contribution in [2.45, 2.75) is 69.1 Å². The fourth-order valence-electron chi connectivity index (χ4n) is 7.97. The molecule has 14 nitrogen and oxygen atoms in total. The summed E-state index contributed by atoms with van der Waals surface area (Å²) in [4.78, 5) is 41.3. The quantitative estimate of drug-likeness (QED) is 0.0355. The molecule has 0 saturated carbocycles. The number of likely N-dealkylation sites (tertiary alicyclic amines) is 1. The highest BCUT2D eigenvalue weighted by molar-refractivity contribution is 7.72. The normalized spacial score (nSPS) is 16.5. The summed E-state index contributed by atoms with van der Waals surface area (Å²) < 4.78 is 68.3. The fourth-order valence-corrected chi connectivity index (χ4v) is 13.4. The van der Waals surface area contributed by atoms with Gasteiger partial charge in [-0.25, -0.2) is 0 Å². The highest BCUT2D eigenvalue weighted by atomic mass is 31.2. The van der Waals surface area contributed by atoms with Crippen molar-refractivity contribution in [2.75, 3.05) is 19.6 Å². The molecule has 2 amide bonds. The second-order valence-electron chi connectivity index (χ2n) is 16.6. The summed E-state index contributed by atoms with van der Waals surface area (Å²) in [7, 11) is -9.00. The van der Waals surface area contributed by atoms with E-state index in [0.717, 1.165) is 33.4 Å². The van der Waals surface area contributed by atoms with Crippen molar-refractivity contribution in [3.8, 4) is 0 Å². The molecule has 69 heavy (non-hydrogen) atoms. The van der Waals surface area contributed by atoms with E-state index in [-0.39, 0.29) is 52.4 Å². The highest BCUT2D eigenvalue weighted by Crippen LogP contribution is 2.72. The van der Waals surface area contributed by atoms with Crippen LogP contribution in [0, 0.1) is 0 Å². The molecule has 6 aromatic rings. The molecule has 2 aliphatic heterocycles. The largest absolute Gasteiger partial charge is 0.461 e. The van der Waals surface area contributed by atoms with Crippen LogP contribution in [0.1, 0.15) is 52.3 Å². The van der Waals surface area contributed by atoms with Gasteiger partial charge in [0.25, 0.3) is 11.8 Å². The van der Waals surface area contributed by atoms with Crippen LogP contribution >= 0.6 is 15.2 Å². The lowest BCUT2D eigenvalue weighted by Crippen LogP contribution is -2.45. The second kappa shape index (κ2) is 24.0. The van der Waals surface area contributed by atoms with Gasteiger partial charge in [0, 0.05) is 13.1 Å². The third kappa shape index (κ3) is 13.8. The number of amides is 2. The van der Waals surface area contributed by atoms with Crippen LogP contribution in [0.4, 0.5) is 0 Å². The molecule has 8 rings (SSSR count). The van der Waals surface area contributed by atoms with Crippen LogP contribution in [0.3, 0.4) is 0 Å². The van der Waals surface area contributed by atoms with Crippen molar-refractivity contribution in [3.05, 3.63) is 215 Å². The van der Waals surface area contributed by atoms with Gasteiger partial charge in [-0.15, -0.1) is 0 Å². The van der Waals surface area contributed by atoms with Crippen molar-refractivity contribution in [1.29, 1.82) is 0 Å². The number of esters is 1. The summed E-state index contributed by atoms with van der Waals surface area (Å²) in [6.45, 7) is -0.692. The van der Waals surface area contributed by atoms with E-state index >= 15 is 9.13 Å². The molecule has 16 heteroatoms. The van der Waals surface area contributed by atoms with E-state index in [0.29, 0.717) is 0 Å². The van der Waals surface area contributed by atoms with Crippen molar-refractivity contribution in [1.82, 2.24) is 15.5 Å². The zero-order valence-electron chi connectivity index (χ0n) is 37.9. The zero-order chi connectivity index (χ0) is 47.9. The fraction of sp³-hybridized carbons (Fsp3) is 0.264. The van der Waals surface area contributed by atoms with Gasteiger partial charge in [0.1, 0.15) is 12.6 Å². The van der Waals surface area contributed by atoms with Crippen LogP contribution in [0.15, 0.2) is 182 Å². The van der Waals surface area contributed by atoms with E-state index < -0.39 is 69.4 Å². The van der Waals surface area contributed by atoms with E-state index in [9.17, 15) is 14.4 Å². The number of carbonyl (C=O) groups excluding carboxylic acids is 3. The maximum Gasteiger partial charge on any atom is 0.360 e. The number of hydrogen-bond acceptors (Lipinski definition) is 12. The molecule has 0 bridgehead atoms. The molecule has 2 heterocycles. The Balaban J connectivity index is 0.947. The number of nitrogens with one attached hydrogen (secondary N) is 2. The van der Waals surface area contributed by atoms with E-state index in [1.807, 2.05) is 182 Å². The first-order valence-electron chi connectivity index (χ1n) is 22.9. The number of rotatable bonds is 23. The Morgan fingerprint density at radius 3 is 1.25 bits per heavy atom. The Bertz CT molecular complexity index is 2430. The smallest absolute Gasteiger partial charge is 0.360 e. The van der Waals surface area contributed by atoms with E-state index in [2.05, 4.69) is 10.6 Å². The number of piperidine rings is 1. The average molecular weight is 972 g/mol. The van der Waals surface area contributed by atoms with Gasteiger partial charge in [0.2, 0.25) is 5.52 Å². The van der Waals surface area contributed by atoms with E-state index in [4.69, 9.17) is 27.6 Å². The number of ether oxygens (including phenoxy) is 2. The first-order chi connectivity index (χ1) is 33.7. The van der Waals surface area contributed by atoms with Crippen LogP contribution in [-0.2, 0) is 77.5 Å². The molecule has 0 aromatic heterocycles. The minimum absolute atomic E-state index is 0.125. The Morgan fingerprint density at radius 1 is 0.522 bits per heavy atom. The Labute approximate surface area is 402 Å². The van der Waals surface area contributed by atoms with Gasteiger partial charge in [-0.3, -0.25) is 28.4 Å². The predicted octanol–water partition coefficient (Wildman–Crippen LogP) is 9.32. The molecule has 6 aromatic carbocycles. The first-order valence-corrected chi connectivity index (χ1v) is 26.1. The van der Waals surface area contributed by atoms with E-state index in [1.165, 1.54) is 0 Å². The molecule has 2 N–H and O–H groups in total. The molecular formula is C53H55N3O11P2. The maximum absolute atomic E-state index is 15.8. The Morgan fingerprint density at radius 2 is 0.870 bits per heavy atom. The first kappa shape index (κ1) is 49.4.